The molecule has 8 heteroatoms. The molecular weight excluding hydrogens is 370 g/mol. The van der Waals surface area contributed by atoms with Crippen LogP contribution >= 0.6 is 11.6 Å². The molecule has 0 aliphatic heterocycles. The molecule has 0 fully saturated rings. The molecule has 2 heterocycles. The summed E-state index contributed by atoms with van der Waals surface area (Å²) in [6.45, 7) is 1.88. The maximum atomic E-state index is 12.5. The van der Waals surface area contributed by atoms with E-state index in [0.717, 1.165) is 11.1 Å². The smallest absolute Gasteiger partial charge is 0.185 e. The topological polar surface area (TPSA) is 111 Å². The number of aryl methyl sites for hydroxylation is 1. The van der Waals surface area contributed by atoms with Crippen molar-refractivity contribution in [3.8, 4) is 17.3 Å². The molecule has 3 aromatic rings. The van der Waals surface area contributed by atoms with Gasteiger partial charge >= 0.3 is 0 Å². The molecule has 1 atom stereocenters. The predicted octanol–water partition coefficient (Wildman–Crippen LogP) is 3.69. The van der Waals surface area contributed by atoms with Crippen LogP contribution in [-0.4, -0.2) is 14.5 Å². The van der Waals surface area contributed by atoms with Crippen LogP contribution in [0.25, 0.3) is 11.3 Å². The number of hydrogen-bond donors (Lipinski definition) is 2. The first kappa shape index (κ1) is 18.0. The first-order valence-electron chi connectivity index (χ1n) is 7.55. The summed E-state index contributed by atoms with van der Waals surface area (Å²) < 4.78 is 15.3. The van der Waals surface area contributed by atoms with Gasteiger partial charge in [-0.1, -0.05) is 17.7 Å². The van der Waals surface area contributed by atoms with Crippen molar-refractivity contribution in [3.05, 3.63) is 64.8 Å². The molecule has 1 aromatic carbocycles. The Kier molecular flexibility index (Phi) is 5.28. The number of halogens is 1. The molecule has 0 saturated heterocycles. The summed E-state index contributed by atoms with van der Waals surface area (Å²) in [5.74, 6) is 0.692. The van der Waals surface area contributed by atoms with Crippen molar-refractivity contribution in [2.75, 3.05) is 10.5 Å². The van der Waals surface area contributed by atoms with E-state index in [1.54, 1.807) is 36.4 Å². The van der Waals surface area contributed by atoms with E-state index < -0.39 is 11.4 Å². The van der Waals surface area contributed by atoms with Crippen LogP contribution in [-0.2, 0) is 11.4 Å². The molecule has 0 bridgehead atoms. The van der Waals surface area contributed by atoms with Crippen LogP contribution in [0.5, 0.6) is 0 Å². The molecule has 2 aromatic heterocycles. The Morgan fingerprint density at radius 3 is 2.73 bits per heavy atom. The summed E-state index contributed by atoms with van der Waals surface area (Å²) in [7, 11) is 0. The highest BCUT2D eigenvalue weighted by Crippen LogP contribution is 2.31. The van der Waals surface area contributed by atoms with Crippen molar-refractivity contribution >= 4 is 34.6 Å². The number of nitrogens with two attached hydrogens (primary N) is 1. The lowest BCUT2D eigenvalue weighted by Crippen LogP contribution is -2.14. The minimum atomic E-state index is -1.55. The molecule has 0 aliphatic carbocycles. The molecule has 0 aliphatic rings. The Hall–Kier alpha value is -2.79. The minimum absolute atomic E-state index is 0.288. The van der Waals surface area contributed by atoms with Crippen molar-refractivity contribution in [2.24, 2.45) is 0 Å². The average Bonchev–Trinajstić information content (AvgIpc) is 2.63. The normalized spacial score (nSPS) is 11.6. The minimum Gasteiger partial charge on any atom is -0.588 e. The van der Waals surface area contributed by atoms with Crippen LogP contribution in [0, 0.1) is 18.3 Å². The van der Waals surface area contributed by atoms with Crippen LogP contribution in [0.3, 0.4) is 0 Å². The van der Waals surface area contributed by atoms with Gasteiger partial charge in [-0.15, -0.1) is 0 Å². The molecule has 0 spiro atoms. The van der Waals surface area contributed by atoms with E-state index >= 15 is 0 Å². The van der Waals surface area contributed by atoms with E-state index in [4.69, 9.17) is 22.6 Å². The molecule has 130 valence electrons. The van der Waals surface area contributed by atoms with Crippen molar-refractivity contribution in [1.82, 2.24) is 9.97 Å². The number of nitriles is 1. The zero-order chi connectivity index (χ0) is 18.7. The fraction of sp³-hybridized carbons (Fsp3) is 0.0556. The maximum Gasteiger partial charge on any atom is 0.185 e. The van der Waals surface area contributed by atoms with Gasteiger partial charge in [-0.25, -0.2) is 9.97 Å². The van der Waals surface area contributed by atoms with Crippen molar-refractivity contribution < 1.29 is 4.55 Å². The number of rotatable bonds is 4. The molecule has 3 rings (SSSR count). The van der Waals surface area contributed by atoms with E-state index in [1.165, 1.54) is 12.3 Å². The Bertz CT molecular complexity index is 1010. The summed E-state index contributed by atoms with van der Waals surface area (Å²) in [6.07, 6.45) is 1.49. The van der Waals surface area contributed by atoms with E-state index in [2.05, 4.69) is 20.8 Å². The summed E-state index contributed by atoms with van der Waals surface area (Å²) in [4.78, 5) is 8.85. The second-order valence-corrected chi connectivity index (χ2v) is 7.08. The number of benzene rings is 1. The summed E-state index contributed by atoms with van der Waals surface area (Å²) >= 11 is 4.75. The molecule has 1 unspecified atom stereocenters. The van der Waals surface area contributed by atoms with Crippen LogP contribution in [0.1, 0.15) is 11.1 Å². The van der Waals surface area contributed by atoms with Gasteiger partial charge in [0.1, 0.15) is 17.2 Å². The summed E-state index contributed by atoms with van der Waals surface area (Å²) in [5, 5.41) is 9.46. The van der Waals surface area contributed by atoms with Gasteiger partial charge in [0.2, 0.25) is 0 Å². The Morgan fingerprint density at radius 1 is 1.23 bits per heavy atom. The quantitative estimate of drug-likeness (QED) is 0.664. The molecule has 3 N–H and O–H groups in total. The van der Waals surface area contributed by atoms with Crippen LogP contribution < -0.4 is 10.5 Å². The Morgan fingerprint density at radius 2 is 2.04 bits per heavy atom. The van der Waals surface area contributed by atoms with E-state index in [9.17, 15) is 4.55 Å². The monoisotopic (exact) mass is 383 g/mol. The second kappa shape index (κ2) is 7.62. The van der Waals surface area contributed by atoms with Gasteiger partial charge in [0, 0.05) is 23.9 Å². The van der Waals surface area contributed by atoms with Gasteiger partial charge in [0.25, 0.3) is 0 Å². The standard InChI is InChI=1S/C18H14ClN5OS/c1-11-8-12(10-20)2-3-14(11)18-15(19)4-5-17(23-18)24-26(25)13-6-7-22-16(21)9-13/h2-9H,1H3,(H2,21,22)(H,23,24). The van der Waals surface area contributed by atoms with Gasteiger partial charge in [0.05, 0.1) is 22.3 Å². The molecule has 0 saturated carbocycles. The molecule has 0 amide bonds. The molecule has 26 heavy (non-hydrogen) atoms. The Labute approximate surface area is 159 Å². The predicted molar refractivity (Wildman–Crippen MR) is 103 cm³/mol. The van der Waals surface area contributed by atoms with Crippen LogP contribution in [0.15, 0.2) is 53.6 Å². The highest BCUT2D eigenvalue weighted by atomic mass is 35.5. The van der Waals surface area contributed by atoms with E-state index in [0.29, 0.717) is 27.0 Å². The van der Waals surface area contributed by atoms with Crippen LogP contribution in [0.2, 0.25) is 5.02 Å². The third kappa shape index (κ3) is 3.89. The number of aromatic nitrogens is 2. The van der Waals surface area contributed by atoms with Crippen molar-refractivity contribution in [1.29, 1.82) is 5.26 Å². The number of nitrogen functional groups attached to an aromatic ring is 1. The number of pyridine rings is 2. The van der Waals surface area contributed by atoms with Gasteiger partial charge in [-0.05, 0) is 36.8 Å². The summed E-state index contributed by atoms with van der Waals surface area (Å²) in [5.41, 5.74) is 8.41. The first-order valence-corrected chi connectivity index (χ1v) is 9.08. The third-order valence-corrected chi connectivity index (χ3v) is 5.00. The second-order valence-electron chi connectivity index (χ2n) is 5.46. The van der Waals surface area contributed by atoms with Gasteiger partial charge < -0.3 is 10.3 Å². The molecule has 6 nitrogen and oxygen atoms in total. The van der Waals surface area contributed by atoms with Crippen molar-refractivity contribution in [3.63, 3.8) is 0 Å². The number of nitrogens with zero attached hydrogens (tertiary/aromatic N) is 3. The number of nitrogens with one attached hydrogen (secondary N) is 1. The zero-order valence-corrected chi connectivity index (χ0v) is 15.3. The van der Waals surface area contributed by atoms with E-state index in [-0.39, 0.29) is 5.82 Å². The number of anilines is 2. The van der Waals surface area contributed by atoms with Crippen LogP contribution in [0.4, 0.5) is 11.6 Å². The maximum absolute atomic E-state index is 12.5. The lowest BCUT2D eigenvalue weighted by atomic mass is 10.0. The summed E-state index contributed by atoms with van der Waals surface area (Å²) in [6, 6.07) is 13.8. The highest BCUT2D eigenvalue weighted by molar-refractivity contribution is 7.92. The average molecular weight is 384 g/mol. The number of hydrogen-bond acceptors (Lipinski definition) is 6. The van der Waals surface area contributed by atoms with Gasteiger partial charge in [-0.2, -0.15) is 9.98 Å². The first-order chi connectivity index (χ1) is 12.5. The Balaban J connectivity index is 1.92. The molecule has 0 radical (unpaired) electrons. The molecular formula is C18H14ClN5OS. The fourth-order valence-electron chi connectivity index (χ4n) is 2.38. The van der Waals surface area contributed by atoms with E-state index in [1.807, 2.05) is 6.92 Å². The zero-order valence-electron chi connectivity index (χ0n) is 13.7. The SMILES string of the molecule is Cc1cc(C#N)ccc1-c1nc(N[S+]([O-])c2ccnc(N)c2)ccc1Cl. The largest absolute Gasteiger partial charge is 0.588 e. The van der Waals surface area contributed by atoms with Crippen molar-refractivity contribution in [2.45, 2.75) is 11.8 Å². The lowest BCUT2D eigenvalue weighted by molar-refractivity contribution is 0.600. The van der Waals surface area contributed by atoms with Gasteiger partial charge in [0.15, 0.2) is 10.7 Å². The van der Waals surface area contributed by atoms with Gasteiger partial charge in [-0.3, -0.25) is 0 Å². The fourth-order valence-corrected chi connectivity index (χ4v) is 3.42. The third-order valence-electron chi connectivity index (χ3n) is 3.62. The highest BCUT2D eigenvalue weighted by Gasteiger charge is 2.16. The lowest BCUT2D eigenvalue weighted by Gasteiger charge is -2.13.